The highest BCUT2D eigenvalue weighted by Crippen LogP contribution is 2.04. The molecular formula is C5H10N2O2. The first kappa shape index (κ1) is 6.51. The van der Waals surface area contributed by atoms with E-state index in [4.69, 9.17) is 10.8 Å². The zero-order chi connectivity index (χ0) is 6.85. The quantitative estimate of drug-likeness (QED) is 0.392. The number of nitrogens with one attached hydrogen (secondary N) is 1. The van der Waals surface area contributed by atoms with Crippen LogP contribution in [0.25, 0.3) is 0 Å². The van der Waals surface area contributed by atoms with Gasteiger partial charge in [-0.05, 0) is 6.42 Å². The molecule has 1 aliphatic rings. The first-order valence-corrected chi connectivity index (χ1v) is 2.91. The average molecular weight is 130 g/mol. The lowest BCUT2D eigenvalue weighted by atomic mass is 10.2. The summed E-state index contributed by atoms with van der Waals surface area (Å²) in [6.45, 7) is 0.480. The van der Waals surface area contributed by atoms with Crippen LogP contribution >= 0.6 is 0 Å². The lowest BCUT2D eigenvalue weighted by molar-refractivity contribution is -0.119. The van der Waals surface area contributed by atoms with Crippen molar-refractivity contribution in [3.63, 3.8) is 0 Å². The number of carbonyl (C=O) groups excluding carboxylic acids is 1. The van der Waals surface area contributed by atoms with Crippen molar-refractivity contribution >= 4 is 5.91 Å². The highest BCUT2D eigenvalue weighted by molar-refractivity contribution is 5.80. The van der Waals surface area contributed by atoms with Crippen molar-refractivity contribution in [2.75, 3.05) is 6.54 Å². The summed E-state index contributed by atoms with van der Waals surface area (Å²) < 4.78 is 0. The molecule has 1 aliphatic heterocycles. The highest BCUT2D eigenvalue weighted by atomic mass is 16.3. The zero-order valence-corrected chi connectivity index (χ0v) is 5.00. The summed E-state index contributed by atoms with van der Waals surface area (Å²) in [4.78, 5) is 10.4. The van der Waals surface area contributed by atoms with E-state index in [1.54, 1.807) is 0 Å². The molecule has 0 bridgehead atoms. The first-order chi connectivity index (χ1) is 4.20. The fourth-order valence-corrected chi connectivity index (χ4v) is 0.934. The van der Waals surface area contributed by atoms with Gasteiger partial charge in [0.25, 0.3) is 0 Å². The molecule has 1 rings (SSSR count). The molecular weight excluding hydrogens is 120 g/mol. The van der Waals surface area contributed by atoms with Gasteiger partial charge in [0.05, 0.1) is 12.1 Å². The Balaban J connectivity index is 2.39. The summed E-state index contributed by atoms with van der Waals surface area (Å²) in [7, 11) is 0. The Kier molecular flexibility index (Phi) is 1.68. The van der Waals surface area contributed by atoms with E-state index < -0.39 is 6.10 Å². The van der Waals surface area contributed by atoms with Gasteiger partial charge in [0.1, 0.15) is 0 Å². The second-order valence-electron chi connectivity index (χ2n) is 2.25. The number of nitrogens with two attached hydrogens (primary N) is 1. The molecule has 9 heavy (non-hydrogen) atoms. The Morgan fingerprint density at radius 1 is 1.78 bits per heavy atom. The van der Waals surface area contributed by atoms with Gasteiger partial charge in [-0.2, -0.15) is 0 Å². The molecule has 0 aromatic rings. The molecule has 0 unspecified atom stereocenters. The topological polar surface area (TPSA) is 75.4 Å². The first-order valence-electron chi connectivity index (χ1n) is 2.91. The third-order valence-electron chi connectivity index (χ3n) is 1.45. The molecule has 1 fully saturated rings. The molecule has 4 nitrogen and oxygen atoms in total. The number of carbonyl (C=O) groups is 1. The Morgan fingerprint density at radius 3 is 2.67 bits per heavy atom. The molecule has 1 heterocycles. The summed E-state index contributed by atoms with van der Waals surface area (Å²) in [6.07, 6.45) is 0.0532. The van der Waals surface area contributed by atoms with Crippen LogP contribution < -0.4 is 11.1 Å². The predicted molar refractivity (Wildman–Crippen MR) is 31.6 cm³/mol. The molecule has 52 valence electrons. The SMILES string of the molecule is NC(=O)[C@@H]1C[C@H](O)CN1. The number of hydrogen-bond acceptors (Lipinski definition) is 3. The van der Waals surface area contributed by atoms with Gasteiger partial charge in [0, 0.05) is 6.54 Å². The number of rotatable bonds is 1. The van der Waals surface area contributed by atoms with Gasteiger partial charge in [0.15, 0.2) is 0 Å². The predicted octanol–water partition coefficient (Wildman–Crippen LogP) is -1.81. The zero-order valence-electron chi connectivity index (χ0n) is 5.00. The van der Waals surface area contributed by atoms with E-state index in [1.807, 2.05) is 0 Å². The van der Waals surface area contributed by atoms with Gasteiger partial charge < -0.3 is 16.2 Å². The van der Waals surface area contributed by atoms with Crippen LogP contribution in [0.15, 0.2) is 0 Å². The van der Waals surface area contributed by atoms with Gasteiger partial charge in [-0.25, -0.2) is 0 Å². The summed E-state index contributed by atoms with van der Waals surface area (Å²) in [5.74, 6) is -0.383. The Labute approximate surface area is 53.0 Å². The molecule has 0 spiro atoms. The molecule has 1 saturated heterocycles. The fraction of sp³-hybridized carbons (Fsp3) is 0.800. The standard InChI is InChI=1S/C5H10N2O2/c6-5(9)4-1-3(8)2-7-4/h3-4,7-8H,1-2H2,(H2,6,9)/t3-,4-/m0/s1. The molecule has 0 aliphatic carbocycles. The summed E-state index contributed by atoms with van der Waals surface area (Å²) in [5.41, 5.74) is 4.95. The van der Waals surface area contributed by atoms with Crippen molar-refractivity contribution in [2.24, 2.45) is 5.73 Å². The summed E-state index contributed by atoms with van der Waals surface area (Å²) in [5, 5.41) is 11.7. The molecule has 4 heteroatoms. The molecule has 2 atom stereocenters. The van der Waals surface area contributed by atoms with E-state index in [2.05, 4.69) is 5.32 Å². The Bertz CT molecular complexity index is 126. The van der Waals surface area contributed by atoms with Gasteiger partial charge in [-0.15, -0.1) is 0 Å². The van der Waals surface area contributed by atoms with E-state index in [0.717, 1.165) is 0 Å². The normalized spacial score (nSPS) is 34.8. The molecule has 1 amide bonds. The van der Waals surface area contributed by atoms with Crippen LogP contribution in [0.1, 0.15) is 6.42 Å². The highest BCUT2D eigenvalue weighted by Gasteiger charge is 2.25. The van der Waals surface area contributed by atoms with E-state index in [9.17, 15) is 4.79 Å². The fourth-order valence-electron chi connectivity index (χ4n) is 0.934. The van der Waals surface area contributed by atoms with E-state index in [-0.39, 0.29) is 11.9 Å². The van der Waals surface area contributed by atoms with Crippen molar-refractivity contribution < 1.29 is 9.90 Å². The second kappa shape index (κ2) is 2.33. The van der Waals surface area contributed by atoms with Gasteiger partial charge in [-0.1, -0.05) is 0 Å². The third-order valence-corrected chi connectivity index (χ3v) is 1.45. The van der Waals surface area contributed by atoms with Crippen LogP contribution in [0.3, 0.4) is 0 Å². The smallest absolute Gasteiger partial charge is 0.234 e. The van der Waals surface area contributed by atoms with Gasteiger partial charge in [-0.3, -0.25) is 4.79 Å². The number of β-amino-alcohol motifs (C(OH)–C–C–N with tert-alkyl or cyclic N) is 1. The van der Waals surface area contributed by atoms with Crippen LogP contribution in [-0.2, 0) is 4.79 Å². The Hall–Kier alpha value is -0.610. The summed E-state index contributed by atoms with van der Waals surface area (Å²) >= 11 is 0. The number of amides is 1. The Morgan fingerprint density at radius 2 is 2.44 bits per heavy atom. The van der Waals surface area contributed by atoms with Crippen molar-refractivity contribution in [1.82, 2.24) is 5.32 Å². The van der Waals surface area contributed by atoms with Crippen LogP contribution in [0, 0.1) is 0 Å². The van der Waals surface area contributed by atoms with Crippen molar-refractivity contribution in [1.29, 1.82) is 0 Å². The van der Waals surface area contributed by atoms with Crippen molar-refractivity contribution in [3.8, 4) is 0 Å². The lowest BCUT2D eigenvalue weighted by Crippen LogP contribution is -2.36. The number of hydrogen-bond donors (Lipinski definition) is 3. The van der Waals surface area contributed by atoms with Crippen molar-refractivity contribution in [2.45, 2.75) is 18.6 Å². The molecule has 4 N–H and O–H groups in total. The maximum atomic E-state index is 10.4. The minimum absolute atomic E-state index is 0.319. The van der Waals surface area contributed by atoms with Crippen LogP contribution in [0.2, 0.25) is 0 Å². The maximum absolute atomic E-state index is 10.4. The van der Waals surface area contributed by atoms with E-state index in [1.165, 1.54) is 0 Å². The van der Waals surface area contributed by atoms with Gasteiger partial charge in [0.2, 0.25) is 5.91 Å². The number of primary amides is 1. The molecule has 0 aromatic carbocycles. The molecule has 0 radical (unpaired) electrons. The number of aliphatic hydroxyl groups is 1. The number of aliphatic hydroxyl groups excluding tert-OH is 1. The van der Waals surface area contributed by atoms with Crippen LogP contribution in [0.4, 0.5) is 0 Å². The lowest BCUT2D eigenvalue weighted by Gasteiger charge is -2.01. The van der Waals surface area contributed by atoms with E-state index >= 15 is 0 Å². The van der Waals surface area contributed by atoms with Crippen LogP contribution in [0.5, 0.6) is 0 Å². The average Bonchev–Trinajstić information content (AvgIpc) is 2.14. The van der Waals surface area contributed by atoms with Crippen LogP contribution in [-0.4, -0.2) is 29.7 Å². The van der Waals surface area contributed by atoms with E-state index in [0.29, 0.717) is 13.0 Å². The largest absolute Gasteiger partial charge is 0.392 e. The minimum atomic E-state index is -0.400. The third kappa shape index (κ3) is 1.40. The minimum Gasteiger partial charge on any atom is -0.392 e. The summed E-state index contributed by atoms with van der Waals surface area (Å²) in [6, 6.07) is -0.319. The van der Waals surface area contributed by atoms with Gasteiger partial charge >= 0.3 is 0 Å². The second-order valence-corrected chi connectivity index (χ2v) is 2.25. The monoisotopic (exact) mass is 130 g/mol. The molecule has 0 saturated carbocycles. The van der Waals surface area contributed by atoms with Crippen molar-refractivity contribution in [3.05, 3.63) is 0 Å². The molecule has 0 aromatic heterocycles. The maximum Gasteiger partial charge on any atom is 0.234 e.